The molecule has 1 aromatic carbocycles. The van der Waals surface area contributed by atoms with Gasteiger partial charge in [-0.15, -0.1) is 0 Å². The Labute approximate surface area is 107 Å². The summed E-state index contributed by atoms with van der Waals surface area (Å²) in [6.45, 7) is 8.49. The van der Waals surface area contributed by atoms with E-state index in [1.807, 2.05) is 31.2 Å². The molecule has 0 amide bonds. The minimum atomic E-state index is -0.728. The average Bonchev–Trinajstić information content (AvgIpc) is 2.15. The molecule has 0 aliphatic carbocycles. The second-order valence-corrected chi connectivity index (χ2v) is 6.76. The van der Waals surface area contributed by atoms with Crippen molar-refractivity contribution in [1.82, 2.24) is 0 Å². The predicted molar refractivity (Wildman–Crippen MR) is 72.4 cm³/mol. The van der Waals surface area contributed by atoms with Crippen LogP contribution >= 0.6 is 15.9 Å². The van der Waals surface area contributed by atoms with Gasteiger partial charge in [0.2, 0.25) is 0 Å². The molecule has 0 spiro atoms. The number of rotatable bonds is 3. The van der Waals surface area contributed by atoms with E-state index in [1.54, 1.807) is 0 Å². The molecule has 0 radical (unpaired) electrons. The quantitative estimate of drug-likeness (QED) is 0.868. The Morgan fingerprint density at radius 2 is 1.50 bits per heavy atom. The van der Waals surface area contributed by atoms with E-state index in [-0.39, 0.29) is 5.41 Å². The Hall–Kier alpha value is -0.340. The van der Waals surface area contributed by atoms with Crippen molar-refractivity contribution in [1.29, 1.82) is 0 Å². The van der Waals surface area contributed by atoms with Gasteiger partial charge in [-0.2, -0.15) is 0 Å². The molecule has 2 heteroatoms. The van der Waals surface area contributed by atoms with Crippen LogP contribution in [0.2, 0.25) is 0 Å². The van der Waals surface area contributed by atoms with Gasteiger partial charge >= 0.3 is 0 Å². The van der Waals surface area contributed by atoms with Crippen LogP contribution in [0.25, 0.3) is 0 Å². The van der Waals surface area contributed by atoms with Crippen molar-refractivity contribution >= 4 is 15.9 Å². The number of hydrogen-bond donors (Lipinski definition) is 1. The fraction of sp³-hybridized carbons (Fsp3) is 0.571. The van der Waals surface area contributed by atoms with Crippen molar-refractivity contribution in [2.45, 2.75) is 46.1 Å². The molecule has 1 atom stereocenters. The standard InChI is InChI=1S/C14H21BrO/c1-13(2,3)9-10-14(4,16)11-5-7-12(15)8-6-11/h5-8,16H,9-10H2,1-4H3. The van der Waals surface area contributed by atoms with Gasteiger partial charge < -0.3 is 5.11 Å². The third-order valence-corrected chi connectivity index (χ3v) is 3.36. The highest BCUT2D eigenvalue weighted by Gasteiger charge is 2.25. The Balaban J connectivity index is 2.73. The summed E-state index contributed by atoms with van der Waals surface area (Å²) in [5.41, 5.74) is 0.521. The second kappa shape index (κ2) is 4.89. The summed E-state index contributed by atoms with van der Waals surface area (Å²) in [7, 11) is 0. The Bertz CT molecular complexity index is 333. The number of benzene rings is 1. The van der Waals surface area contributed by atoms with Gasteiger partial charge in [-0.1, -0.05) is 48.8 Å². The van der Waals surface area contributed by atoms with Crippen LogP contribution in [0.4, 0.5) is 0 Å². The number of halogens is 1. The van der Waals surface area contributed by atoms with Gasteiger partial charge in [0.05, 0.1) is 5.60 Å². The summed E-state index contributed by atoms with van der Waals surface area (Å²) in [6, 6.07) is 7.90. The van der Waals surface area contributed by atoms with E-state index < -0.39 is 5.60 Å². The highest BCUT2D eigenvalue weighted by Crippen LogP contribution is 2.32. The Morgan fingerprint density at radius 1 is 1.00 bits per heavy atom. The van der Waals surface area contributed by atoms with E-state index in [9.17, 15) is 5.11 Å². The third-order valence-electron chi connectivity index (χ3n) is 2.83. The molecule has 0 aromatic heterocycles. The van der Waals surface area contributed by atoms with E-state index >= 15 is 0 Å². The van der Waals surface area contributed by atoms with E-state index in [2.05, 4.69) is 36.7 Å². The summed E-state index contributed by atoms with van der Waals surface area (Å²) in [5.74, 6) is 0. The van der Waals surface area contributed by atoms with Gasteiger partial charge in [-0.05, 0) is 42.9 Å². The SMILES string of the molecule is CC(C)(C)CCC(C)(O)c1ccc(Br)cc1. The summed E-state index contributed by atoms with van der Waals surface area (Å²) in [6.07, 6.45) is 1.80. The van der Waals surface area contributed by atoms with Crippen molar-refractivity contribution in [3.8, 4) is 0 Å². The fourth-order valence-corrected chi connectivity index (χ4v) is 1.84. The summed E-state index contributed by atoms with van der Waals surface area (Å²) < 4.78 is 1.04. The van der Waals surface area contributed by atoms with Crippen LogP contribution in [0.5, 0.6) is 0 Å². The molecule has 1 N–H and O–H groups in total. The molecule has 1 aromatic rings. The number of aliphatic hydroxyl groups is 1. The Kier molecular flexibility index (Phi) is 4.19. The van der Waals surface area contributed by atoms with Crippen molar-refractivity contribution in [3.63, 3.8) is 0 Å². The zero-order valence-electron chi connectivity index (χ0n) is 10.5. The van der Waals surface area contributed by atoms with Gasteiger partial charge in [0.25, 0.3) is 0 Å². The van der Waals surface area contributed by atoms with E-state index in [0.29, 0.717) is 0 Å². The molecule has 1 nitrogen and oxygen atoms in total. The van der Waals surface area contributed by atoms with Crippen LogP contribution in [0.15, 0.2) is 28.7 Å². The van der Waals surface area contributed by atoms with E-state index in [4.69, 9.17) is 0 Å². The Morgan fingerprint density at radius 3 is 1.94 bits per heavy atom. The fourth-order valence-electron chi connectivity index (χ4n) is 1.57. The maximum absolute atomic E-state index is 10.4. The van der Waals surface area contributed by atoms with Gasteiger partial charge in [0.1, 0.15) is 0 Å². The first-order valence-corrected chi connectivity index (χ1v) is 6.48. The minimum Gasteiger partial charge on any atom is -0.385 e. The van der Waals surface area contributed by atoms with Crippen molar-refractivity contribution in [2.75, 3.05) is 0 Å². The van der Waals surface area contributed by atoms with Crippen LogP contribution in [0, 0.1) is 5.41 Å². The first kappa shape index (κ1) is 13.7. The lowest BCUT2D eigenvalue weighted by Gasteiger charge is -2.28. The van der Waals surface area contributed by atoms with Crippen LogP contribution in [-0.2, 0) is 5.60 Å². The summed E-state index contributed by atoms with van der Waals surface area (Å²) >= 11 is 3.40. The molecule has 1 unspecified atom stereocenters. The molecule has 0 aliphatic rings. The maximum atomic E-state index is 10.4. The highest BCUT2D eigenvalue weighted by molar-refractivity contribution is 9.10. The molecule has 0 aliphatic heterocycles. The normalized spacial score (nSPS) is 15.9. The van der Waals surface area contributed by atoms with Gasteiger partial charge in [0.15, 0.2) is 0 Å². The molecular formula is C14H21BrO. The van der Waals surface area contributed by atoms with Crippen LogP contribution < -0.4 is 0 Å². The predicted octanol–water partition coefficient (Wildman–Crippen LogP) is 4.48. The largest absolute Gasteiger partial charge is 0.385 e. The van der Waals surface area contributed by atoms with Crippen LogP contribution in [0.3, 0.4) is 0 Å². The topological polar surface area (TPSA) is 20.2 Å². The van der Waals surface area contributed by atoms with E-state index in [0.717, 1.165) is 22.9 Å². The molecule has 0 fully saturated rings. The summed E-state index contributed by atoms with van der Waals surface area (Å²) in [4.78, 5) is 0. The lowest BCUT2D eigenvalue weighted by Crippen LogP contribution is -2.23. The van der Waals surface area contributed by atoms with Gasteiger partial charge in [-0.3, -0.25) is 0 Å². The molecule has 1 rings (SSSR count). The zero-order valence-corrected chi connectivity index (χ0v) is 12.1. The second-order valence-electron chi connectivity index (χ2n) is 5.84. The molecule has 0 heterocycles. The first-order valence-electron chi connectivity index (χ1n) is 5.69. The van der Waals surface area contributed by atoms with Crippen LogP contribution in [-0.4, -0.2) is 5.11 Å². The molecule has 90 valence electrons. The molecule has 0 saturated carbocycles. The monoisotopic (exact) mass is 284 g/mol. The van der Waals surface area contributed by atoms with E-state index in [1.165, 1.54) is 0 Å². The lowest BCUT2D eigenvalue weighted by molar-refractivity contribution is 0.0358. The first-order chi connectivity index (χ1) is 7.21. The zero-order chi connectivity index (χ0) is 12.4. The average molecular weight is 285 g/mol. The van der Waals surface area contributed by atoms with Crippen molar-refractivity contribution in [2.24, 2.45) is 5.41 Å². The smallest absolute Gasteiger partial charge is 0.0868 e. The molecule has 0 saturated heterocycles. The number of hydrogen-bond acceptors (Lipinski definition) is 1. The maximum Gasteiger partial charge on any atom is 0.0868 e. The van der Waals surface area contributed by atoms with Crippen LogP contribution in [0.1, 0.15) is 46.1 Å². The van der Waals surface area contributed by atoms with Crippen molar-refractivity contribution < 1.29 is 5.11 Å². The highest BCUT2D eigenvalue weighted by atomic mass is 79.9. The summed E-state index contributed by atoms with van der Waals surface area (Å²) in [5, 5.41) is 10.4. The van der Waals surface area contributed by atoms with Crippen molar-refractivity contribution in [3.05, 3.63) is 34.3 Å². The van der Waals surface area contributed by atoms with Gasteiger partial charge in [0, 0.05) is 4.47 Å². The molecular weight excluding hydrogens is 264 g/mol. The molecule has 16 heavy (non-hydrogen) atoms. The molecule has 0 bridgehead atoms. The minimum absolute atomic E-state index is 0.263. The van der Waals surface area contributed by atoms with Gasteiger partial charge in [-0.25, -0.2) is 0 Å². The third kappa shape index (κ3) is 4.26. The lowest BCUT2D eigenvalue weighted by atomic mass is 9.82.